The molecule has 1 unspecified atom stereocenters. The monoisotopic (exact) mass is 456 g/mol. The highest BCUT2D eigenvalue weighted by atomic mass is 35.5. The van der Waals surface area contributed by atoms with Crippen LogP contribution in [0.4, 0.5) is 4.39 Å². The lowest BCUT2D eigenvalue weighted by molar-refractivity contribution is -0.141. The maximum Gasteiger partial charge on any atom is 0.307 e. The van der Waals surface area contributed by atoms with Crippen LogP contribution in [0.15, 0.2) is 47.4 Å². The van der Waals surface area contributed by atoms with Crippen molar-refractivity contribution >= 4 is 33.5 Å². The average Bonchev–Trinajstić information content (AvgIpc) is 2.66. The summed E-state index contributed by atoms with van der Waals surface area (Å²) < 4.78 is 46.1. The molecule has 0 saturated heterocycles. The Morgan fingerprint density at radius 3 is 2.43 bits per heavy atom. The number of halogens is 2. The SMILES string of the molecule is COC(=O)CC(NC(=O)c1cc(S(=O)(=O)NC(C)C)ccc1F)c1ccccc1Cl. The van der Waals surface area contributed by atoms with Crippen LogP contribution in [0.1, 0.15) is 42.2 Å². The van der Waals surface area contributed by atoms with E-state index in [1.54, 1.807) is 38.1 Å². The quantitative estimate of drug-likeness (QED) is 0.594. The van der Waals surface area contributed by atoms with Crippen LogP contribution >= 0.6 is 11.6 Å². The topological polar surface area (TPSA) is 102 Å². The zero-order valence-electron chi connectivity index (χ0n) is 16.6. The van der Waals surface area contributed by atoms with Gasteiger partial charge in [-0.3, -0.25) is 9.59 Å². The van der Waals surface area contributed by atoms with Gasteiger partial charge in [-0.15, -0.1) is 0 Å². The molecule has 0 aliphatic carbocycles. The molecular formula is C20H22ClFN2O5S. The molecule has 0 aliphatic rings. The average molecular weight is 457 g/mol. The molecule has 162 valence electrons. The third kappa shape index (κ3) is 6.01. The number of hydrogen-bond acceptors (Lipinski definition) is 5. The van der Waals surface area contributed by atoms with Crippen LogP contribution in [-0.2, 0) is 19.6 Å². The molecule has 10 heteroatoms. The molecule has 0 fully saturated rings. The van der Waals surface area contributed by atoms with E-state index in [0.717, 1.165) is 18.2 Å². The summed E-state index contributed by atoms with van der Waals surface area (Å²) >= 11 is 6.17. The number of hydrogen-bond donors (Lipinski definition) is 2. The number of carbonyl (C=O) groups excluding carboxylic acids is 2. The number of methoxy groups -OCH3 is 1. The van der Waals surface area contributed by atoms with Gasteiger partial charge in [0.05, 0.1) is 30.0 Å². The smallest absolute Gasteiger partial charge is 0.307 e. The predicted octanol–water partition coefficient (Wildman–Crippen LogP) is 3.20. The normalized spacial score (nSPS) is 12.5. The Labute approximate surface area is 179 Å². The Hall–Kier alpha value is -2.49. The molecule has 0 aromatic heterocycles. The third-order valence-electron chi connectivity index (χ3n) is 4.07. The van der Waals surface area contributed by atoms with E-state index in [9.17, 15) is 22.4 Å². The summed E-state index contributed by atoms with van der Waals surface area (Å²) in [6, 6.07) is 8.15. The van der Waals surface area contributed by atoms with E-state index < -0.39 is 39.3 Å². The van der Waals surface area contributed by atoms with E-state index in [2.05, 4.69) is 14.8 Å². The molecule has 0 bridgehead atoms. The zero-order valence-corrected chi connectivity index (χ0v) is 18.2. The number of rotatable bonds is 8. The fraction of sp³-hybridized carbons (Fsp3) is 0.300. The van der Waals surface area contributed by atoms with Crippen LogP contribution in [0.25, 0.3) is 0 Å². The fourth-order valence-corrected chi connectivity index (χ4v) is 4.25. The molecule has 1 amide bonds. The highest BCUT2D eigenvalue weighted by Crippen LogP contribution is 2.26. The van der Waals surface area contributed by atoms with E-state index in [4.69, 9.17) is 11.6 Å². The maximum absolute atomic E-state index is 14.3. The summed E-state index contributed by atoms with van der Waals surface area (Å²) in [5.41, 5.74) is -0.0490. The molecule has 7 nitrogen and oxygen atoms in total. The zero-order chi connectivity index (χ0) is 22.5. The number of ether oxygens (including phenoxy) is 1. The number of sulfonamides is 1. The lowest BCUT2D eigenvalue weighted by Gasteiger charge is -2.20. The van der Waals surface area contributed by atoms with Crippen LogP contribution in [0.2, 0.25) is 5.02 Å². The van der Waals surface area contributed by atoms with Gasteiger partial charge in [-0.05, 0) is 43.7 Å². The molecule has 0 radical (unpaired) electrons. The van der Waals surface area contributed by atoms with E-state index >= 15 is 0 Å². The van der Waals surface area contributed by atoms with Crippen LogP contribution in [-0.4, -0.2) is 33.4 Å². The van der Waals surface area contributed by atoms with E-state index in [1.807, 2.05) is 0 Å². The summed E-state index contributed by atoms with van der Waals surface area (Å²) in [6.07, 6.45) is -0.250. The Morgan fingerprint density at radius 1 is 1.17 bits per heavy atom. The van der Waals surface area contributed by atoms with Crippen LogP contribution in [0.5, 0.6) is 0 Å². The second-order valence-corrected chi connectivity index (χ2v) is 8.87. The molecular weight excluding hydrogens is 435 g/mol. The standard InChI is InChI=1S/C20H22ClFN2O5S/c1-12(2)24-30(27,28)13-8-9-17(22)15(10-13)20(26)23-18(11-19(25)29-3)14-6-4-5-7-16(14)21/h4-10,12,18,24H,11H2,1-3H3,(H,23,26). The van der Waals surface area contributed by atoms with Crippen molar-refractivity contribution in [2.45, 2.75) is 37.2 Å². The van der Waals surface area contributed by atoms with Gasteiger partial charge in [0, 0.05) is 11.1 Å². The number of benzene rings is 2. The molecule has 0 heterocycles. The number of carbonyl (C=O) groups is 2. The van der Waals surface area contributed by atoms with Gasteiger partial charge in [0.25, 0.3) is 5.91 Å². The van der Waals surface area contributed by atoms with Crippen molar-refractivity contribution in [2.75, 3.05) is 7.11 Å². The lowest BCUT2D eigenvalue weighted by atomic mass is 10.0. The molecule has 2 rings (SSSR count). The molecule has 1 atom stereocenters. The van der Waals surface area contributed by atoms with Crippen molar-refractivity contribution in [1.82, 2.24) is 10.0 Å². The number of esters is 1. The molecule has 30 heavy (non-hydrogen) atoms. The number of amides is 1. The minimum atomic E-state index is -3.93. The minimum absolute atomic E-state index is 0.250. The molecule has 0 spiro atoms. The second-order valence-electron chi connectivity index (χ2n) is 6.75. The van der Waals surface area contributed by atoms with Crippen LogP contribution < -0.4 is 10.0 Å². The molecule has 0 aliphatic heterocycles. The Kier molecular flexibility index (Phi) is 7.94. The summed E-state index contributed by atoms with van der Waals surface area (Å²) in [4.78, 5) is 24.3. The van der Waals surface area contributed by atoms with Gasteiger partial charge in [-0.1, -0.05) is 29.8 Å². The van der Waals surface area contributed by atoms with Crippen LogP contribution in [0.3, 0.4) is 0 Å². The number of nitrogens with one attached hydrogen (secondary N) is 2. The molecule has 2 aromatic rings. The largest absolute Gasteiger partial charge is 0.469 e. The van der Waals surface area contributed by atoms with Gasteiger partial charge in [0.2, 0.25) is 10.0 Å². The first kappa shape index (κ1) is 23.8. The highest BCUT2D eigenvalue weighted by Gasteiger charge is 2.25. The van der Waals surface area contributed by atoms with E-state index in [1.165, 1.54) is 7.11 Å². The molecule has 2 N–H and O–H groups in total. The van der Waals surface area contributed by atoms with Crippen molar-refractivity contribution in [3.8, 4) is 0 Å². The molecule has 0 saturated carbocycles. The van der Waals surface area contributed by atoms with Crippen molar-refractivity contribution in [3.63, 3.8) is 0 Å². The Bertz CT molecular complexity index is 1040. The highest BCUT2D eigenvalue weighted by molar-refractivity contribution is 7.89. The third-order valence-corrected chi connectivity index (χ3v) is 6.07. The second kappa shape index (κ2) is 10.0. The Balaban J connectivity index is 2.39. The van der Waals surface area contributed by atoms with Gasteiger partial charge in [0.1, 0.15) is 5.82 Å². The van der Waals surface area contributed by atoms with Gasteiger partial charge in [-0.25, -0.2) is 17.5 Å². The van der Waals surface area contributed by atoms with E-state index in [0.29, 0.717) is 10.6 Å². The minimum Gasteiger partial charge on any atom is -0.469 e. The Morgan fingerprint density at radius 2 is 1.83 bits per heavy atom. The van der Waals surface area contributed by atoms with E-state index in [-0.39, 0.29) is 17.4 Å². The van der Waals surface area contributed by atoms with Gasteiger partial charge < -0.3 is 10.1 Å². The van der Waals surface area contributed by atoms with Crippen molar-refractivity contribution in [2.24, 2.45) is 0 Å². The van der Waals surface area contributed by atoms with Crippen molar-refractivity contribution in [3.05, 3.63) is 64.4 Å². The first-order valence-corrected chi connectivity index (χ1v) is 10.8. The van der Waals surface area contributed by atoms with Gasteiger partial charge in [0.15, 0.2) is 0 Å². The predicted molar refractivity (Wildman–Crippen MR) is 110 cm³/mol. The van der Waals surface area contributed by atoms with Crippen molar-refractivity contribution < 1.29 is 27.1 Å². The molecule has 2 aromatic carbocycles. The fourth-order valence-electron chi connectivity index (χ4n) is 2.71. The first-order valence-electron chi connectivity index (χ1n) is 8.99. The summed E-state index contributed by atoms with van der Waals surface area (Å²) in [5.74, 6) is -2.42. The van der Waals surface area contributed by atoms with Gasteiger partial charge >= 0.3 is 5.97 Å². The lowest BCUT2D eigenvalue weighted by Crippen LogP contribution is -2.32. The maximum atomic E-state index is 14.3. The first-order chi connectivity index (χ1) is 14.0. The van der Waals surface area contributed by atoms with Crippen LogP contribution in [0, 0.1) is 5.82 Å². The summed E-state index contributed by atoms with van der Waals surface area (Å²) in [5, 5.41) is 2.83. The van der Waals surface area contributed by atoms with Crippen molar-refractivity contribution in [1.29, 1.82) is 0 Å². The summed E-state index contributed by atoms with van der Waals surface area (Å²) in [6.45, 7) is 3.27. The van der Waals surface area contributed by atoms with Gasteiger partial charge in [-0.2, -0.15) is 0 Å². The summed E-state index contributed by atoms with van der Waals surface area (Å²) in [7, 11) is -2.74.